The number of cyclic esters (lactones) is 1. The monoisotopic (exact) mass is 609 g/mol. The van der Waals surface area contributed by atoms with Crippen LogP contribution in [0.1, 0.15) is 87.5 Å². The van der Waals surface area contributed by atoms with E-state index >= 15 is 0 Å². The summed E-state index contributed by atoms with van der Waals surface area (Å²) in [7, 11) is 5.95. The second kappa shape index (κ2) is 16.7. The summed E-state index contributed by atoms with van der Waals surface area (Å²) in [4.78, 5) is 44.7. The van der Waals surface area contributed by atoms with E-state index < -0.39 is 17.7 Å². The van der Waals surface area contributed by atoms with Crippen LogP contribution in [0.15, 0.2) is 0 Å². The Balaban J connectivity index is 0.000000543. The van der Waals surface area contributed by atoms with Gasteiger partial charge in [-0.3, -0.25) is 19.3 Å². The first-order valence-corrected chi connectivity index (χ1v) is 16.6. The number of likely N-dealkylation sites (tertiary alicyclic amines) is 1. The minimum Gasteiger partial charge on any atom is -0.463 e. The molecule has 0 aromatic heterocycles. The van der Waals surface area contributed by atoms with Crippen molar-refractivity contribution in [1.29, 1.82) is 0 Å². The molecule has 3 heterocycles. The molecule has 0 aromatic rings. The zero-order chi connectivity index (χ0) is 32.6. The number of hydrogen-bond donors (Lipinski definition) is 1. The number of esters is 1. The summed E-state index contributed by atoms with van der Waals surface area (Å²) in [5, 5.41) is 9.30. The van der Waals surface area contributed by atoms with E-state index in [-0.39, 0.29) is 35.7 Å². The largest absolute Gasteiger partial charge is 0.463 e. The number of carbonyl (C=O) groups excluding carboxylic acids is 3. The van der Waals surface area contributed by atoms with Crippen LogP contribution in [0.2, 0.25) is 0 Å². The Hall–Kier alpha value is -1.55. The molecule has 0 bridgehead atoms. The minimum atomic E-state index is -1.14. The van der Waals surface area contributed by atoms with Gasteiger partial charge in [-0.15, -0.1) is 0 Å². The molecule has 250 valence electrons. The summed E-state index contributed by atoms with van der Waals surface area (Å²) in [5.41, 5.74) is -1.14. The van der Waals surface area contributed by atoms with E-state index in [1.54, 1.807) is 13.8 Å². The van der Waals surface area contributed by atoms with Crippen molar-refractivity contribution >= 4 is 17.7 Å². The third-order valence-corrected chi connectivity index (χ3v) is 10.00. The molecule has 8 atom stereocenters. The number of ether oxygens (including phenoxy) is 2. The Kier molecular flexibility index (Phi) is 14.6. The van der Waals surface area contributed by atoms with E-state index in [0.29, 0.717) is 36.8 Å². The van der Waals surface area contributed by atoms with Crippen molar-refractivity contribution in [2.45, 2.75) is 106 Å². The van der Waals surface area contributed by atoms with Crippen LogP contribution in [0.5, 0.6) is 0 Å². The summed E-state index contributed by atoms with van der Waals surface area (Å²) in [6.07, 6.45) is 4.40. The third-order valence-electron chi connectivity index (χ3n) is 10.00. The second-order valence-electron chi connectivity index (χ2n) is 15.0. The summed E-state index contributed by atoms with van der Waals surface area (Å²) < 4.78 is 11.1. The van der Waals surface area contributed by atoms with Gasteiger partial charge in [0, 0.05) is 37.5 Å². The van der Waals surface area contributed by atoms with Crippen molar-refractivity contribution < 1.29 is 29.0 Å². The van der Waals surface area contributed by atoms with Gasteiger partial charge in [0.05, 0.1) is 12.6 Å². The first-order valence-electron chi connectivity index (χ1n) is 16.6. The smallest absolute Gasteiger partial charge is 0.319 e. The fourth-order valence-corrected chi connectivity index (χ4v) is 7.22. The number of ketones is 1. The Labute approximate surface area is 262 Å². The maximum absolute atomic E-state index is 13.1. The van der Waals surface area contributed by atoms with Crippen LogP contribution in [0.3, 0.4) is 0 Å². The Morgan fingerprint density at radius 1 is 0.977 bits per heavy atom. The highest BCUT2D eigenvalue weighted by atomic mass is 16.6. The quantitative estimate of drug-likeness (QED) is 0.373. The number of hydrogen-bond acceptors (Lipinski definition) is 8. The van der Waals surface area contributed by atoms with Crippen LogP contribution in [-0.4, -0.2) is 110 Å². The van der Waals surface area contributed by atoms with Gasteiger partial charge in [-0.1, -0.05) is 34.6 Å². The Morgan fingerprint density at radius 3 is 2.14 bits per heavy atom. The lowest BCUT2D eigenvalue weighted by Gasteiger charge is -2.40. The maximum Gasteiger partial charge on any atom is 0.319 e. The van der Waals surface area contributed by atoms with Crippen LogP contribution in [-0.2, 0) is 23.9 Å². The highest BCUT2D eigenvalue weighted by Gasteiger charge is 2.42. The third kappa shape index (κ3) is 11.1. The lowest BCUT2D eigenvalue weighted by Crippen LogP contribution is -2.50. The fraction of sp³-hybridized carbons (Fsp3) is 0.912. The zero-order valence-electron chi connectivity index (χ0n) is 29.1. The van der Waals surface area contributed by atoms with Gasteiger partial charge in [0.1, 0.15) is 12.0 Å². The van der Waals surface area contributed by atoms with Gasteiger partial charge in [0.25, 0.3) is 0 Å². The van der Waals surface area contributed by atoms with E-state index in [0.717, 1.165) is 51.7 Å². The summed E-state index contributed by atoms with van der Waals surface area (Å²) >= 11 is 0. The second-order valence-corrected chi connectivity index (χ2v) is 15.0. The van der Waals surface area contributed by atoms with E-state index in [1.165, 1.54) is 0 Å². The van der Waals surface area contributed by atoms with E-state index in [2.05, 4.69) is 32.7 Å². The van der Waals surface area contributed by atoms with Gasteiger partial charge in [0.2, 0.25) is 5.91 Å². The van der Waals surface area contributed by atoms with E-state index in [4.69, 9.17) is 9.47 Å². The maximum atomic E-state index is 13.1. The Bertz CT molecular complexity index is 891. The predicted octanol–water partition coefficient (Wildman–Crippen LogP) is 4.31. The predicted molar refractivity (Wildman–Crippen MR) is 170 cm³/mol. The number of rotatable bonds is 3. The molecule has 0 unspecified atom stereocenters. The van der Waals surface area contributed by atoms with Gasteiger partial charge >= 0.3 is 5.97 Å². The zero-order valence-corrected chi connectivity index (χ0v) is 29.1. The minimum absolute atomic E-state index is 0.0242. The number of aliphatic hydroxyl groups is 1. The average molecular weight is 610 g/mol. The molecule has 3 saturated heterocycles. The first-order chi connectivity index (χ1) is 19.9. The molecule has 1 amide bonds. The number of nitrogens with zero attached hydrogens (tertiary/aromatic N) is 3. The summed E-state index contributed by atoms with van der Waals surface area (Å²) in [5.74, 6) is 1.69. The molecule has 3 rings (SSSR count). The van der Waals surface area contributed by atoms with Crippen LogP contribution in [0.25, 0.3) is 0 Å². The molecular weight excluding hydrogens is 546 g/mol. The number of piperidine rings is 1. The van der Waals surface area contributed by atoms with Crippen LogP contribution >= 0.6 is 0 Å². The van der Waals surface area contributed by atoms with Gasteiger partial charge in [-0.05, 0) is 97.7 Å². The van der Waals surface area contributed by atoms with E-state index in [1.807, 2.05) is 44.7 Å². The molecule has 0 saturated carbocycles. The molecule has 3 aliphatic rings. The number of Topliss-reactive ketones (excluding diaryl/α,β-unsaturated/α-hetero) is 1. The molecule has 3 aliphatic heterocycles. The molecule has 1 N–H and O–H groups in total. The molecule has 0 spiro atoms. The van der Waals surface area contributed by atoms with Gasteiger partial charge in [-0.25, -0.2) is 0 Å². The van der Waals surface area contributed by atoms with Crippen molar-refractivity contribution in [3.05, 3.63) is 0 Å². The number of likely N-dealkylation sites (N-methyl/N-ethyl adjacent to an activating group) is 2. The number of carbonyl (C=O) groups is 3. The molecule has 0 radical (unpaired) electrons. The molecule has 9 heteroatoms. The lowest BCUT2D eigenvalue weighted by molar-refractivity contribution is -0.199. The van der Waals surface area contributed by atoms with Crippen molar-refractivity contribution in [2.24, 2.45) is 40.9 Å². The number of amides is 1. The highest BCUT2D eigenvalue weighted by molar-refractivity contribution is 6.03. The molecule has 0 aromatic carbocycles. The topological polar surface area (TPSA) is 99.6 Å². The molecule has 0 aliphatic carbocycles. The summed E-state index contributed by atoms with van der Waals surface area (Å²) in [6, 6.07) is 0.0851. The highest BCUT2D eigenvalue weighted by Crippen LogP contribution is 2.32. The fourth-order valence-electron chi connectivity index (χ4n) is 7.22. The van der Waals surface area contributed by atoms with Gasteiger partial charge in [0.15, 0.2) is 12.1 Å². The van der Waals surface area contributed by atoms with Gasteiger partial charge < -0.3 is 24.4 Å². The average Bonchev–Trinajstić information content (AvgIpc) is 2.90. The van der Waals surface area contributed by atoms with Crippen LogP contribution < -0.4 is 0 Å². The van der Waals surface area contributed by atoms with Crippen molar-refractivity contribution in [3.63, 3.8) is 0 Å². The van der Waals surface area contributed by atoms with Crippen molar-refractivity contribution in [1.82, 2.24) is 14.7 Å². The normalized spacial score (nSPS) is 35.6. The van der Waals surface area contributed by atoms with E-state index in [9.17, 15) is 19.5 Å². The lowest BCUT2D eigenvalue weighted by atomic mass is 9.78. The molecule has 9 nitrogen and oxygen atoms in total. The first kappa shape index (κ1) is 37.6. The summed E-state index contributed by atoms with van der Waals surface area (Å²) in [6.45, 7) is 19.2. The SMILES string of the molecule is C[C@@H]1C[C@@H](C)CN(C)[C@H](C2CCN(C(=O)CN(C)C)CC2)COC(=O)C(C)(C)C(=O)[C@H](C)C1.C[C@H]1[C@H](O)O[C@H](C)C[C@@H]1C. The standard InChI is InChI=1S/C26H47N3O4.C8H16O2/c1-18-13-19(2)15-28(8)22(17-33-25(32)26(4,5)24(31)20(3)14-18)21-9-11-29(12-10-21)23(30)16-27(6)7;1-5-4-6(2)10-8(9)7(5)3/h18-22H,9-17H2,1-8H3;5-9H,4H2,1-3H3/t18-,19-,20-,22+;5-,6+,7+,8+/m10/s1. The molecule has 3 fully saturated rings. The van der Waals surface area contributed by atoms with Crippen molar-refractivity contribution in [3.8, 4) is 0 Å². The molecule has 43 heavy (non-hydrogen) atoms. The van der Waals surface area contributed by atoms with Crippen LogP contribution in [0, 0.1) is 40.9 Å². The Morgan fingerprint density at radius 2 is 1.58 bits per heavy atom. The van der Waals surface area contributed by atoms with Gasteiger partial charge in [-0.2, -0.15) is 0 Å². The van der Waals surface area contributed by atoms with Crippen molar-refractivity contribution in [2.75, 3.05) is 53.9 Å². The molecular formula is C34H63N3O6. The number of aliphatic hydroxyl groups excluding tert-OH is 1. The van der Waals surface area contributed by atoms with Crippen LogP contribution in [0.4, 0.5) is 0 Å².